The monoisotopic (exact) mass is 178 g/mol. The van der Waals surface area contributed by atoms with Crippen molar-refractivity contribution in [3.63, 3.8) is 0 Å². The first-order valence-corrected chi connectivity index (χ1v) is 4.24. The first-order chi connectivity index (χ1) is 6.19. The van der Waals surface area contributed by atoms with Gasteiger partial charge in [0.2, 0.25) is 0 Å². The van der Waals surface area contributed by atoms with Crippen LogP contribution in [0.5, 0.6) is 0 Å². The molecular weight excluding hydrogens is 164 g/mol. The maximum atomic E-state index is 10.7. The predicted octanol–water partition coefficient (Wildman–Crippen LogP) is 2.19. The van der Waals surface area contributed by atoms with Crippen LogP contribution in [0.2, 0.25) is 0 Å². The van der Waals surface area contributed by atoms with Crippen molar-refractivity contribution >= 4 is 6.29 Å². The van der Waals surface area contributed by atoms with Gasteiger partial charge in [-0.25, -0.2) is 0 Å². The lowest BCUT2D eigenvalue weighted by Gasteiger charge is -2.12. The van der Waals surface area contributed by atoms with Crippen molar-refractivity contribution in [3.8, 4) is 0 Å². The van der Waals surface area contributed by atoms with E-state index >= 15 is 0 Å². The van der Waals surface area contributed by atoms with Gasteiger partial charge in [-0.3, -0.25) is 0 Å². The Labute approximate surface area is 78.5 Å². The Morgan fingerprint density at radius 1 is 1.38 bits per heavy atom. The molecule has 70 valence electrons. The molecule has 2 nitrogen and oxygen atoms in total. The molecule has 1 atom stereocenters. The average Bonchev–Trinajstić information content (AvgIpc) is 2.13. The summed E-state index contributed by atoms with van der Waals surface area (Å²) in [6, 6.07) is 6.01. The second kappa shape index (κ2) is 4.19. The summed E-state index contributed by atoms with van der Waals surface area (Å²) in [5.41, 5.74) is 3.19. The van der Waals surface area contributed by atoms with Gasteiger partial charge in [-0.2, -0.15) is 0 Å². The Kier molecular flexibility index (Phi) is 3.20. The van der Waals surface area contributed by atoms with E-state index in [2.05, 4.69) is 0 Å². The van der Waals surface area contributed by atoms with Crippen LogP contribution in [0.4, 0.5) is 0 Å². The van der Waals surface area contributed by atoms with Crippen LogP contribution in [0, 0.1) is 13.8 Å². The van der Waals surface area contributed by atoms with E-state index in [0.29, 0.717) is 0 Å². The third-order valence-electron chi connectivity index (χ3n) is 2.12. The molecule has 0 N–H and O–H groups in total. The van der Waals surface area contributed by atoms with Crippen molar-refractivity contribution in [2.45, 2.75) is 20.0 Å². The van der Waals surface area contributed by atoms with Crippen LogP contribution in [0.15, 0.2) is 18.2 Å². The Hall–Kier alpha value is -1.15. The van der Waals surface area contributed by atoms with Crippen LogP contribution < -0.4 is 0 Å². The topological polar surface area (TPSA) is 26.3 Å². The van der Waals surface area contributed by atoms with Crippen LogP contribution in [-0.2, 0) is 9.53 Å². The van der Waals surface area contributed by atoms with E-state index in [1.165, 1.54) is 0 Å². The molecule has 0 aliphatic carbocycles. The minimum absolute atomic E-state index is 0.431. The molecule has 0 spiro atoms. The van der Waals surface area contributed by atoms with E-state index < -0.39 is 6.10 Å². The minimum atomic E-state index is -0.431. The van der Waals surface area contributed by atoms with E-state index in [1.54, 1.807) is 7.11 Å². The summed E-state index contributed by atoms with van der Waals surface area (Å²) in [4.78, 5) is 10.7. The van der Waals surface area contributed by atoms with Gasteiger partial charge >= 0.3 is 0 Å². The summed E-state index contributed by atoms with van der Waals surface area (Å²) < 4.78 is 5.05. The van der Waals surface area contributed by atoms with Gasteiger partial charge in [-0.15, -0.1) is 0 Å². The smallest absolute Gasteiger partial charge is 0.153 e. The number of ether oxygens (including phenoxy) is 1. The Bertz CT molecular complexity index is 305. The molecule has 0 saturated heterocycles. The van der Waals surface area contributed by atoms with Gasteiger partial charge in [-0.05, 0) is 25.0 Å². The normalized spacial score (nSPS) is 12.5. The third kappa shape index (κ3) is 2.16. The number of rotatable bonds is 3. The van der Waals surface area contributed by atoms with Crippen LogP contribution in [-0.4, -0.2) is 13.4 Å². The van der Waals surface area contributed by atoms with Gasteiger partial charge in [0, 0.05) is 7.11 Å². The summed E-state index contributed by atoms with van der Waals surface area (Å²) in [6.07, 6.45) is 0.391. The summed E-state index contributed by atoms with van der Waals surface area (Å²) in [5.74, 6) is 0. The summed E-state index contributed by atoms with van der Waals surface area (Å²) in [7, 11) is 1.54. The van der Waals surface area contributed by atoms with E-state index in [1.807, 2.05) is 32.0 Å². The fourth-order valence-corrected chi connectivity index (χ4v) is 1.32. The van der Waals surface area contributed by atoms with Crippen LogP contribution in [0.3, 0.4) is 0 Å². The zero-order chi connectivity index (χ0) is 9.84. The standard InChI is InChI=1S/C11H14O2/c1-8-4-5-9(2)10(6-8)11(7-12)13-3/h4-7,11H,1-3H3. The number of aryl methyl sites for hydroxylation is 2. The molecule has 1 aromatic rings. The lowest BCUT2D eigenvalue weighted by atomic mass is 10.0. The quantitative estimate of drug-likeness (QED) is 0.663. The van der Waals surface area contributed by atoms with Crippen molar-refractivity contribution in [3.05, 3.63) is 34.9 Å². The molecule has 2 heteroatoms. The van der Waals surface area contributed by atoms with Gasteiger partial charge < -0.3 is 9.53 Å². The van der Waals surface area contributed by atoms with Gasteiger partial charge in [0.1, 0.15) is 6.10 Å². The number of hydrogen-bond donors (Lipinski definition) is 0. The van der Waals surface area contributed by atoms with Gasteiger partial charge in [0.05, 0.1) is 0 Å². The number of methoxy groups -OCH3 is 1. The number of benzene rings is 1. The number of carbonyl (C=O) groups excluding carboxylic acids is 1. The zero-order valence-electron chi connectivity index (χ0n) is 8.20. The van der Waals surface area contributed by atoms with E-state index in [-0.39, 0.29) is 0 Å². The second-order valence-corrected chi connectivity index (χ2v) is 3.15. The average molecular weight is 178 g/mol. The van der Waals surface area contributed by atoms with Crippen LogP contribution in [0.1, 0.15) is 22.8 Å². The molecule has 0 amide bonds. The summed E-state index contributed by atoms with van der Waals surface area (Å²) >= 11 is 0. The molecule has 1 unspecified atom stereocenters. The minimum Gasteiger partial charge on any atom is -0.369 e. The van der Waals surface area contributed by atoms with E-state index in [4.69, 9.17) is 4.74 Å². The maximum Gasteiger partial charge on any atom is 0.153 e. The highest BCUT2D eigenvalue weighted by Gasteiger charge is 2.11. The van der Waals surface area contributed by atoms with Crippen molar-refractivity contribution in [1.82, 2.24) is 0 Å². The van der Waals surface area contributed by atoms with Crippen molar-refractivity contribution in [2.24, 2.45) is 0 Å². The first kappa shape index (κ1) is 9.93. The molecular formula is C11H14O2. The van der Waals surface area contributed by atoms with Gasteiger partial charge in [0.15, 0.2) is 6.29 Å². The summed E-state index contributed by atoms with van der Waals surface area (Å²) in [5, 5.41) is 0. The number of aldehydes is 1. The predicted molar refractivity (Wildman–Crippen MR) is 51.7 cm³/mol. The van der Waals surface area contributed by atoms with Crippen molar-refractivity contribution < 1.29 is 9.53 Å². The highest BCUT2D eigenvalue weighted by Crippen LogP contribution is 2.19. The number of hydrogen-bond acceptors (Lipinski definition) is 2. The lowest BCUT2D eigenvalue weighted by Crippen LogP contribution is -2.04. The van der Waals surface area contributed by atoms with Crippen LogP contribution in [0.25, 0.3) is 0 Å². The molecule has 0 bridgehead atoms. The molecule has 0 aliphatic rings. The lowest BCUT2D eigenvalue weighted by molar-refractivity contribution is -0.116. The summed E-state index contributed by atoms with van der Waals surface area (Å²) in [6.45, 7) is 3.98. The van der Waals surface area contributed by atoms with E-state index in [0.717, 1.165) is 23.0 Å². The Balaban J connectivity index is 3.10. The number of carbonyl (C=O) groups is 1. The molecule has 1 rings (SSSR count). The van der Waals surface area contributed by atoms with Crippen LogP contribution >= 0.6 is 0 Å². The fourth-order valence-electron chi connectivity index (χ4n) is 1.32. The molecule has 0 radical (unpaired) electrons. The highest BCUT2D eigenvalue weighted by molar-refractivity contribution is 5.61. The molecule has 0 aliphatic heterocycles. The van der Waals surface area contributed by atoms with Crippen molar-refractivity contribution in [1.29, 1.82) is 0 Å². The maximum absolute atomic E-state index is 10.7. The Morgan fingerprint density at radius 3 is 2.62 bits per heavy atom. The SMILES string of the molecule is COC(C=O)c1cc(C)ccc1C. The van der Waals surface area contributed by atoms with Gasteiger partial charge in [-0.1, -0.05) is 23.8 Å². The highest BCUT2D eigenvalue weighted by atomic mass is 16.5. The molecule has 0 aromatic heterocycles. The first-order valence-electron chi connectivity index (χ1n) is 4.24. The van der Waals surface area contributed by atoms with E-state index in [9.17, 15) is 4.79 Å². The zero-order valence-corrected chi connectivity index (χ0v) is 8.20. The molecule has 1 aromatic carbocycles. The second-order valence-electron chi connectivity index (χ2n) is 3.15. The third-order valence-corrected chi connectivity index (χ3v) is 2.12. The fraction of sp³-hybridized carbons (Fsp3) is 0.364. The molecule has 0 heterocycles. The van der Waals surface area contributed by atoms with Crippen molar-refractivity contribution in [2.75, 3.05) is 7.11 Å². The molecule has 0 saturated carbocycles. The molecule has 0 fully saturated rings. The van der Waals surface area contributed by atoms with Gasteiger partial charge in [0.25, 0.3) is 0 Å². The largest absolute Gasteiger partial charge is 0.369 e. The Morgan fingerprint density at radius 2 is 2.08 bits per heavy atom. The molecule has 13 heavy (non-hydrogen) atoms.